The van der Waals surface area contributed by atoms with Gasteiger partial charge in [-0.3, -0.25) is 9.59 Å². The van der Waals surface area contributed by atoms with Gasteiger partial charge in [-0.1, -0.05) is 61.9 Å². The highest BCUT2D eigenvalue weighted by molar-refractivity contribution is 5.88. The number of nitrogens with zero attached hydrogens (tertiary/aromatic N) is 1. The second kappa shape index (κ2) is 10.5. The molecule has 0 spiro atoms. The van der Waals surface area contributed by atoms with E-state index in [2.05, 4.69) is 12.2 Å². The van der Waals surface area contributed by atoms with E-state index in [4.69, 9.17) is 0 Å². The number of benzene rings is 2. The molecule has 2 aromatic carbocycles. The van der Waals surface area contributed by atoms with Crippen molar-refractivity contribution >= 4 is 11.8 Å². The predicted molar refractivity (Wildman–Crippen MR) is 104 cm³/mol. The van der Waals surface area contributed by atoms with E-state index in [9.17, 15) is 14.0 Å². The lowest BCUT2D eigenvalue weighted by Gasteiger charge is -2.29. The van der Waals surface area contributed by atoms with Gasteiger partial charge in [0.05, 0.1) is 6.42 Å². The normalized spacial score (nSPS) is 11.7. The van der Waals surface area contributed by atoms with E-state index in [0.717, 1.165) is 18.4 Å². The summed E-state index contributed by atoms with van der Waals surface area (Å²) in [5.41, 5.74) is 1.26. The van der Waals surface area contributed by atoms with Gasteiger partial charge in [-0.15, -0.1) is 0 Å². The van der Waals surface area contributed by atoms with Gasteiger partial charge in [-0.2, -0.15) is 0 Å². The number of hydrogen-bond acceptors (Lipinski definition) is 2. The summed E-state index contributed by atoms with van der Waals surface area (Å²) in [7, 11) is 0. The minimum Gasteiger partial charge on any atom is -0.354 e. The molecule has 0 heterocycles. The molecule has 0 aliphatic rings. The van der Waals surface area contributed by atoms with Crippen LogP contribution in [-0.2, 0) is 22.6 Å². The molecule has 144 valence electrons. The zero-order chi connectivity index (χ0) is 19.6. The highest BCUT2D eigenvalue weighted by atomic mass is 19.1. The number of unbranched alkanes of at least 4 members (excludes halogenated alkanes) is 1. The van der Waals surface area contributed by atoms with Crippen molar-refractivity contribution in [1.29, 1.82) is 0 Å². The van der Waals surface area contributed by atoms with Crippen LogP contribution in [0, 0.1) is 5.82 Å². The summed E-state index contributed by atoms with van der Waals surface area (Å²) in [5.74, 6) is -0.881. The van der Waals surface area contributed by atoms with Gasteiger partial charge in [0, 0.05) is 13.1 Å². The van der Waals surface area contributed by atoms with Crippen LogP contribution in [0.3, 0.4) is 0 Å². The van der Waals surface area contributed by atoms with E-state index in [-0.39, 0.29) is 18.2 Å². The third-order valence-corrected chi connectivity index (χ3v) is 4.49. The summed E-state index contributed by atoms with van der Waals surface area (Å²) in [6.07, 6.45) is 1.79. The summed E-state index contributed by atoms with van der Waals surface area (Å²) in [5, 5.41) is 2.87. The second-order valence-corrected chi connectivity index (χ2v) is 6.60. The lowest BCUT2D eigenvalue weighted by Crippen LogP contribution is -2.48. The van der Waals surface area contributed by atoms with Crippen LogP contribution in [0.1, 0.15) is 37.8 Å². The first kappa shape index (κ1) is 20.6. The molecular weight excluding hydrogens is 343 g/mol. The Morgan fingerprint density at radius 1 is 1.07 bits per heavy atom. The molecule has 4 nitrogen and oxygen atoms in total. The quantitative estimate of drug-likeness (QED) is 0.684. The zero-order valence-corrected chi connectivity index (χ0v) is 16.0. The van der Waals surface area contributed by atoms with Crippen molar-refractivity contribution in [2.75, 3.05) is 6.54 Å². The van der Waals surface area contributed by atoms with Crippen molar-refractivity contribution in [3.8, 4) is 0 Å². The van der Waals surface area contributed by atoms with Crippen LogP contribution in [-0.4, -0.2) is 29.3 Å². The number of carbonyl (C=O) groups is 2. The first-order chi connectivity index (χ1) is 13.0. The van der Waals surface area contributed by atoms with Crippen LogP contribution in [0.5, 0.6) is 0 Å². The molecule has 1 atom stereocenters. The van der Waals surface area contributed by atoms with Crippen molar-refractivity contribution in [3.05, 3.63) is 71.5 Å². The molecule has 27 heavy (non-hydrogen) atoms. The highest BCUT2D eigenvalue weighted by Gasteiger charge is 2.26. The summed E-state index contributed by atoms with van der Waals surface area (Å²) in [4.78, 5) is 26.9. The van der Waals surface area contributed by atoms with Crippen molar-refractivity contribution in [2.24, 2.45) is 0 Å². The van der Waals surface area contributed by atoms with E-state index < -0.39 is 11.9 Å². The Morgan fingerprint density at radius 2 is 1.74 bits per heavy atom. The molecule has 0 unspecified atom stereocenters. The highest BCUT2D eigenvalue weighted by Crippen LogP contribution is 2.14. The first-order valence-corrected chi connectivity index (χ1v) is 9.37. The number of halogens is 1. The molecule has 2 rings (SSSR count). The van der Waals surface area contributed by atoms with Crippen molar-refractivity contribution in [2.45, 2.75) is 45.7 Å². The fourth-order valence-electron chi connectivity index (χ4n) is 2.81. The summed E-state index contributed by atoms with van der Waals surface area (Å²) in [6.45, 7) is 4.65. The third kappa shape index (κ3) is 6.20. The molecule has 0 aliphatic heterocycles. The fraction of sp³-hybridized carbons (Fsp3) is 0.364. The van der Waals surface area contributed by atoms with E-state index in [1.165, 1.54) is 11.0 Å². The molecule has 0 bridgehead atoms. The van der Waals surface area contributed by atoms with Crippen LogP contribution in [0.2, 0.25) is 0 Å². The fourth-order valence-corrected chi connectivity index (χ4v) is 2.81. The standard InChI is InChI=1S/C22H27FN2O2/c1-3-4-14-24-22(27)17(2)25(16-18-10-6-5-7-11-18)21(26)15-19-12-8-9-13-20(19)23/h5-13,17H,3-4,14-16H2,1-2H3,(H,24,27)/t17-/m0/s1. The molecule has 0 aliphatic carbocycles. The maximum Gasteiger partial charge on any atom is 0.242 e. The second-order valence-electron chi connectivity index (χ2n) is 6.60. The maximum absolute atomic E-state index is 14.0. The van der Waals surface area contributed by atoms with Gasteiger partial charge >= 0.3 is 0 Å². The number of amides is 2. The largest absolute Gasteiger partial charge is 0.354 e. The summed E-state index contributed by atoms with van der Waals surface area (Å²) < 4.78 is 14.0. The van der Waals surface area contributed by atoms with E-state index in [1.807, 2.05) is 30.3 Å². The lowest BCUT2D eigenvalue weighted by atomic mass is 10.1. The first-order valence-electron chi connectivity index (χ1n) is 9.37. The topological polar surface area (TPSA) is 49.4 Å². The minimum atomic E-state index is -0.638. The molecule has 2 aromatic rings. The van der Waals surface area contributed by atoms with Crippen molar-refractivity contribution in [3.63, 3.8) is 0 Å². The van der Waals surface area contributed by atoms with Crippen molar-refractivity contribution in [1.82, 2.24) is 10.2 Å². The molecule has 0 aromatic heterocycles. The Morgan fingerprint density at radius 3 is 2.41 bits per heavy atom. The van der Waals surface area contributed by atoms with Gasteiger partial charge < -0.3 is 10.2 Å². The Kier molecular flexibility index (Phi) is 7.99. The number of rotatable bonds is 9. The molecule has 0 radical (unpaired) electrons. The number of hydrogen-bond donors (Lipinski definition) is 1. The summed E-state index contributed by atoms with van der Waals surface area (Å²) in [6, 6.07) is 15.1. The molecule has 0 saturated carbocycles. The molecule has 2 amide bonds. The van der Waals surface area contributed by atoms with Gasteiger partial charge in [-0.05, 0) is 30.5 Å². The molecule has 5 heteroatoms. The van der Waals surface area contributed by atoms with Gasteiger partial charge in [0.15, 0.2) is 0 Å². The van der Waals surface area contributed by atoms with E-state index in [0.29, 0.717) is 18.7 Å². The SMILES string of the molecule is CCCCNC(=O)[C@H](C)N(Cc1ccccc1)C(=O)Cc1ccccc1F. The third-order valence-electron chi connectivity index (χ3n) is 4.49. The Hall–Kier alpha value is -2.69. The van der Waals surface area contributed by atoms with Gasteiger partial charge in [-0.25, -0.2) is 4.39 Å². The molecule has 0 fully saturated rings. The summed E-state index contributed by atoms with van der Waals surface area (Å²) >= 11 is 0. The predicted octanol–water partition coefficient (Wildman–Crippen LogP) is 3.70. The lowest BCUT2D eigenvalue weighted by molar-refractivity contribution is -0.140. The van der Waals surface area contributed by atoms with Gasteiger partial charge in [0.25, 0.3) is 0 Å². The Balaban J connectivity index is 2.16. The smallest absolute Gasteiger partial charge is 0.242 e. The monoisotopic (exact) mass is 370 g/mol. The molecule has 0 saturated heterocycles. The van der Waals surface area contributed by atoms with Crippen molar-refractivity contribution < 1.29 is 14.0 Å². The average molecular weight is 370 g/mol. The zero-order valence-electron chi connectivity index (χ0n) is 16.0. The average Bonchev–Trinajstić information content (AvgIpc) is 2.68. The van der Waals surface area contributed by atoms with Gasteiger partial charge in [0.1, 0.15) is 11.9 Å². The Bertz CT molecular complexity index is 749. The van der Waals surface area contributed by atoms with E-state index >= 15 is 0 Å². The van der Waals surface area contributed by atoms with E-state index in [1.54, 1.807) is 25.1 Å². The number of carbonyl (C=O) groups excluding carboxylic acids is 2. The van der Waals surface area contributed by atoms with Gasteiger partial charge in [0.2, 0.25) is 11.8 Å². The Labute approximate surface area is 160 Å². The minimum absolute atomic E-state index is 0.0773. The maximum atomic E-state index is 14.0. The molecular formula is C22H27FN2O2. The van der Waals surface area contributed by atoms with Crippen LogP contribution < -0.4 is 5.32 Å². The van der Waals surface area contributed by atoms with Crippen LogP contribution in [0.25, 0.3) is 0 Å². The molecule has 1 N–H and O–H groups in total. The van der Waals surface area contributed by atoms with Crippen LogP contribution in [0.15, 0.2) is 54.6 Å². The number of nitrogens with one attached hydrogen (secondary N) is 1. The van der Waals surface area contributed by atoms with Crippen LogP contribution in [0.4, 0.5) is 4.39 Å². The van der Waals surface area contributed by atoms with Crippen LogP contribution >= 0.6 is 0 Å².